The molecular weight excluding hydrogens is 243 g/mol. The topological polar surface area (TPSA) is 48.1 Å². The minimum absolute atomic E-state index is 0.333. The standard InChI is InChI=1S/C15H11FN2O/c16-10-2-1-3-12(8-10)19-15-6-7-18-14-9-11(17)4-5-13(14)15/h1-9H,17H2. The summed E-state index contributed by atoms with van der Waals surface area (Å²) in [7, 11) is 0. The van der Waals surface area contributed by atoms with Crippen molar-refractivity contribution in [2.24, 2.45) is 0 Å². The van der Waals surface area contributed by atoms with E-state index in [0.717, 1.165) is 10.9 Å². The number of ether oxygens (including phenoxy) is 1. The molecule has 0 fully saturated rings. The molecule has 0 atom stereocenters. The maximum Gasteiger partial charge on any atom is 0.138 e. The Hall–Kier alpha value is -2.62. The van der Waals surface area contributed by atoms with E-state index in [4.69, 9.17) is 10.5 Å². The molecule has 0 aliphatic carbocycles. The lowest BCUT2D eigenvalue weighted by Crippen LogP contribution is -1.90. The van der Waals surface area contributed by atoms with E-state index >= 15 is 0 Å². The quantitative estimate of drug-likeness (QED) is 0.708. The van der Waals surface area contributed by atoms with Gasteiger partial charge in [0.05, 0.1) is 5.52 Å². The average Bonchev–Trinajstić information content (AvgIpc) is 2.38. The molecule has 3 aromatic rings. The molecule has 3 rings (SSSR count). The smallest absolute Gasteiger partial charge is 0.138 e. The van der Waals surface area contributed by atoms with Crippen LogP contribution in [0.1, 0.15) is 0 Å². The number of halogens is 1. The van der Waals surface area contributed by atoms with Crippen LogP contribution in [-0.4, -0.2) is 4.98 Å². The molecule has 2 N–H and O–H groups in total. The van der Waals surface area contributed by atoms with Gasteiger partial charge in [0.25, 0.3) is 0 Å². The molecule has 0 saturated heterocycles. The molecule has 94 valence electrons. The molecule has 0 aliphatic heterocycles. The first kappa shape index (κ1) is 11.5. The number of aromatic nitrogens is 1. The van der Waals surface area contributed by atoms with E-state index in [1.165, 1.54) is 12.1 Å². The molecule has 0 bridgehead atoms. The molecule has 0 amide bonds. The molecule has 19 heavy (non-hydrogen) atoms. The highest BCUT2D eigenvalue weighted by atomic mass is 19.1. The summed E-state index contributed by atoms with van der Waals surface area (Å²) in [6.45, 7) is 0. The summed E-state index contributed by atoms with van der Waals surface area (Å²) in [4.78, 5) is 4.23. The van der Waals surface area contributed by atoms with Crippen LogP contribution < -0.4 is 10.5 Å². The maximum atomic E-state index is 13.1. The van der Waals surface area contributed by atoms with Crippen molar-refractivity contribution >= 4 is 16.6 Å². The van der Waals surface area contributed by atoms with Crippen molar-refractivity contribution in [2.75, 3.05) is 5.73 Å². The molecular formula is C15H11FN2O. The van der Waals surface area contributed by atoms with Gasteiger partial charge in [-0.25, -0.2) is 4.39 Å². The first-order valence-corrected chi connectivity index (χ1v) is 5.80. The van der Waals surface area contributed by atoms with E-state index in [0.29, 0.717) is 17.2 Å². The van der Waals surface area contributed by atoms with Crippen LogP contribution in [0.4, 0.5) is 10.1 Å². The lowest BCUT2D eigenvalue weighted by Gasteiger charge is -2.08. The summed E-state index contributed by atoms with van der Waals surface area (Å²) < 4.78 is 18.8. The fourth-order valence-electron chi connectivity index (χ4n) is 1.89. The van der Waals surface area contributed by atoms with Crippen LogP contribution in [0.5, 0.6) is 11.5 Å². The molecule has 0 unspecified atom stereocenters. The lowest BCUT2D eigenvalue weighted by atomic mass is 10.2. The number of rotatable bonds is 2. The van der Waals surface area contributed by atoms with Gasteiger partial charge in [0.2, 0.25) is 0 Å². The maximum absolute atomic E-state index is 13.1. The number of anilines is 1. The number of benzene rings is 2. The molecule has 1 heterocycles. The third-order valence-corrected chi connectivity index (χ3v) is 2.75. The van der Waals surface area contributed by atoms with Gasteiger partial charge in [0, 0.05) is 23.3 Å². The minimum Gasteiger partial charge on any atom is -0.456 e. The first-order chi connectivity index (χ1) is 9.22. The SMILES string of the molecule is Nc1ccc2c(Oc3cccc(F)c3)ccnc2c1. The summed E-state index contributed by atoms with van der Waals surface area (Å²) in [5.74, 6) is 0.736. The summed E-state index contributed by atoms with van der Waals surface area (Å²) in [5.41, 5.74) is 7.10. The van der Waals surface area contributed by atoms with Crippen molar-refractivity contribution in [3.05, 3.63) is 60.5 Å². The van der Waals surface area contributed by atoms with E-state index in [9.17, 15) is 4.39 Å². The van der Waals surface area contributed by atoms with Crippen LogP contribution in [0.25, 0.3) is 10.9 Å². The summed E-state index contributed by atoms with van der Waals surface area (Å²) in [6, 6.07) is 13.1. The monoisotopic (exact) mass is 254 g/mol. The molecule has 3 nitrogen and oxygen atoms in total. The van der Waals surface area contributed by atoms with Gasteiger partial charge in [0.15, 0.2) is 0 Å². The van der Waals surface area contributed by atoms with Crippen molar-refractivity contribution in [2.45, 2.75) is 0 Å². The van der Waals surface area contributed by atoms with Gasteiger partial charge in [-0.2, -0.15) is 0 Å². The van der Waals surface area contributed by atoms with Crippen LogP contribution in [0, 0.1) is 5.82 Å². The molecule has 0 aliphatic rings. The summed E-state index contributed by atoms with van der Waals surface area (Å²) in [6.07, 6.45) is 1.64. The van der Waals surface area contributed by atoms with E-state index in [1.54, 1.807) is 36.5 Å². The Morgan fingerprint density at radius 2 is 1.95 bits per heavy atom. The fourth-order valence-corrected chi connectivity index (χ4v) is 1.89. The van der Waals surface area contributed by atoms with Crippen molar-refractivity contribution in [3.8, 4) is 11.5 Å². The normalized spacial score (nSPS) is 10.6. The van der Waals surface area contributed by atoms with Crippen molar-refractivity contribution in [3.63, 3.8) is 0 Å². The van der Waals surface area contributed by atoms with Gasteiger partial charge in [-0.3, -0.25) is 4.98 Å². The Morgan fingerprint density at radius 3 is 2.79 bits per heavy atom. The zero-order valence-electron chi connectivity index (χ0n) is 10.0. The molecule has 4 heteroatoms. The van der Waals surface area contributed by atoms with Gasteiger partial charge in [-0.1, -0.05) is 6.07 Å². The van der Waals surface area contributed by atoms with Gasteiger partial charge in [0.1, 0.15) is 17.3 Å². The minimum atomic E-state index is -0.333. The highest BCUT2D eigenvalue weighted by Gasteiger charge is 2.05. The highest BCUT2D eigenvalue weighted by molar-refractivity contribution is 5.87. The van der Waals surface area contributed by atoms with Crippen LogP contribution in [-0.2, 0) is 0 Å². The van der Waals surface area contributed by atoms with Crippen molar-refractivity contribution in [1.82, 2.24) is 4.98 Å². The molecule has 0 spiro atoms. The summed E-state index contributed by atoms with van der Waals surface area (Å²) >= 11 is 0. The fraction of sp³-hybridized carbons (Fsp3) is 0. The second kappa shape index (κ2) is 4.57. The number of nitrogens with zero attached hydrogens (tertiary/aromatic N) is 1. The number of fused-ring (bicyclic) bond motifs is 1. The Balaban J connectivity index is 2.06. The van der Waals surface area contributed by atoms with Gasteiger partial charge < -0.3 is 10.5 Å². The number of hydrogen-bond donors (Lipinski definition) is 1. The molecule has 0 saturated carbocycles. The van der Waals surface area contributed by atoms with Gasteiger partial charge in [-0.15, -0.1) is 0 Å². The zero-order valence-corrected chi connectivity index (χ0v) is 10.0. The lowest BCUT2D eigenvalue weighted by molar-refractivity contribution is 0.481. The second-order valence-electron chi connectivity index (χ2n) is 4.15. The number of nitrogen functional groups attached to an aromatic ring is 1. The first-order valence-electron chi connectivity index (χ1n) is 5.80. The van der Waals surface area contributed by atoms with E-state index in [1.807, 2.05) is 6.07 Å². The molecule has 1 aromatic heterocycles. The number of hydrogen-bond acceptors (Lipinski definition) is 3. The number of nitrogens with two attached hydrogens (primary N) is 1. The Morgan fingerprint density at radius 1 is 1.05 bits per heavy atom. The molecule has 2 aromatic carbocycles. The Labute approximate surface area is 109 Å². The molecule has 0 radical (unpaired) electrons. The van der Waals surface area contributed by atoms with E-state index in [-0.39, 0.29) is 5.82 Å². The van der Waals surface area contributed by atoms with Crippen molar-refractivity contribution in [1.29, 1.82) is 0 Å². The largest absolute Gasteiger partial charge is 0.456 e. The van der Waals surface area contributed by atoms with Gasteiger partial charge in [-0.05, 0) is 36.4 Å². The van der Waals surface area contributed by atoms with E-state index < -0.39 is 0 Å². The Kier molecular flexibility index (Phi) is 2.76. The third-order valence-electron chi connectivity index (χ3n) is 2.75. The van der Waals surface area contributed by atoms with Crippen molar-refractivity contribution < 1.29 is 9.13 Å². The highest BCUT2D eigenvalue weighted by Crippen LogP contribution is 2.29. The predicted molar refractivity (Wildman–Crippen MR) is 72.6 cm³/mol. The predicted octanol–water partition coefficient (Wildman–Crippen LogP) is 3.75. The van der Waals surface area contributed by atoms with E-state index in [2.05, 4.69) is 4.98 Å². The second-order valence-corrected chi connectivity index (χ2v) is 4.15. The average molecular weight is 254 g/mol. The number of pyridine rings is 1. The van der Waals surface area contributed by atoms with Crippen LogP contribution in [0.15, 0.2) is 54.7 Å². The summed E-state index contributed by atoms with van der Waals surface area (Å²) in [5, 5.41) is 0.834. The van der Waals surface area contributed by atoms with Gasteiger partial charge >= 0.3 is 0 Å². The Bertz CT molecular complexity index is 743. The van der Waals surface area contributed by atoms with Crippen LogP contribution >= 0.6 is 0 Å². The van der Waals surface area contributed by atoms with Crippen LogP contribution in [0.3, 0.4) is 0 Å². The third kappa shape index (κ3) is 2.33. The zero-order chi connectivity index (χ0) is 13.2. The van der Waals surface area contributed by atoms with Crippen LogP contribution in [0.2, 0.25) is 0 Å².